The van der Waals surface area contributed by atoms with Gasteiger partial charge in [0.1, 0.15) is 6.54 Å². The molecule has 0 aromatic heterocycles. The maximum absolute atomic E-state index is 12.1. The highest BCUT2D eigenvalue weighted by molar-refractivity contribution is 6.43. The zero-order chi connectivity index (χ0) is 14.7. The van der Waals surface area contributed by atoms with Gasteiger partial charge in [-0.1, -0.05) is 29.3 Å². The molecule has 1 aliphatic rings. The van der Waals surface area contributed by atoms with Crippen molar-refractivity contribution >= 4 is 40.9 Å². The molecular weight excluding hydrogens is 303 g/mol. The molecule has 0 heterocycles. The number of amides is 2. The van der Waals surface area contributed by atoms with E-state index in [1.54, 1.807) is 18.2 Å². The number of benzene rings is 1. The second kappa shape index (κ2) is 6.33. The molecule has 2 N–H and O–H groups in total. The monoisotopic (exact) mass is 316 g/mol. The molecule has 20 heavy (non-hydrogen) atoms. The van der Waals surface area contributed by atoms with Crippen LogP contribution in [-0.2, 0) is 4.79 Å². The number of rotatable bonds is 5. The number of halogens is 2. The zero-order valence-electron chi connectivity index (χ0n) is 10.6. The Kier molecular flexibility index (Phi) is 4.73. The van der Waals surface area contributed by atoms with Gasteiger partial charge in [0, 0.05) is 6.54 Å². The topological polar surface area (TPSA) is 69.6 Å². The first kappa shape index (κ1) is 14.9. The second-order valence-corrected chi connectivity index (χ2v) is 5.53. The van der Waals surface area contributed by atoms with Crippen LogP contribution in [0.3, 0.4) is 0 Å². The van der Waals surface area contributed by atoms with Gasteiger partial charge in [-0.05, 0) is 30.9 Å². The third-order valence-electron chi connectivity index (χ3n) is 2.98. The number of nitrogens with zero attached hydrogens (tertiary/aromatic N) is 1. The molecule has 1 aliphatic carbocycles. The highest BCUT2D eigenvalue weighted by atomic mass is 35.5. The van der Waals surface area contributed by atoms with Gasteiger partial charge < -0.3 is 15.3 Å². The van der Waals surface area contributed by atoms with Crippen LogP contribution in [0.25, 0.3) is 0 Å². The van der Waals surface area contributed by atoms with E-state index in [1.165, 1.54) is 4.90 Å². The Morgan fingerprint density at radius 2 is 2.05 bits per heavy atom. The van der Waals surface area contributed by atoms with E-state index in [4.69, 9.17) is 28.3 Å². The molecule has 0 spiro atoms. The number of carboxylic acid groups (broad SMARTS) is 1. The molecule has 0 atom stereocenters. The van der Waals surface area contributed by atoms with E-state index in [1.807, 2.05) is 0 Å². The minimum absolute atomic E-state index is 0.240. The number of hydrogen-bond acceptors (Lipinski definition) is 2. The Balaban J connectivity index is 2.06. The maximum Gasteiger partial charge on any atom is 0.323 e. The molecule has 1 aromatic rings. The summed E-state index contributed by atoms with van der Waals surface area (Å²) in [6, 6.07) is 4.40. The van der Waals surface area contributed by atoms with Crippen molar-refractivity contribution in [1.82, 2.24) is 4.90 Å². The van der Waals surface area contributed by atoms with Gasteiger partial charge in [-0.3, -0.25) is 4.79 Å². The smallest absolute Gasteiger partial charge is 0.323 e. The molecule has 108 valence electrons. The van der Waals surface area contributed by atoms with Crippen molar-refractivity contribution in [3.63, 3.8) is 0 Å². The van der Waals surface area contributed by atoms with Crippen LogP contribution < -0.4 is 5.32 Å². The van der Waals surface area contributed by atoms with Crippen LogP contribution >= 0.6 is 23.2 Å². The van der Waals surface area contributed by atoms with Gasteiger partial charge in [-0.2, -0.15) is 0 Å². The maximum atomic E-state index is 12.1. The number of hydrogen-bond donors (Lipinski definition) is 2. The van der Waals surface area contributed by atoms with Crippen LogP contribution in [0.4, 0.5) is 10.5 Å². The van der Waals surface area contributed by atoms with E-state index >= 15 is 0 Å². The Bertz CT molecular complexity index is 532. The molecule has 0 bridgehead atoms. The molecule has 1 fully saturated rings. The molecule has 0 radical (unpaired) electrons. The van der Waals surface area contributed by atoms with Crippen LogP contribution in [0.2, 0.25) is 10.0 Å². The first-order valence-corrected chi connectivity index (χ1v) is 6.94. The van der Waals surface area contributed by atoms with E-state index in [2.05, 4.69) is 5.32 Å². The predicted molar refractivity (Wildman–Crippen MR) is 77.4 cm³/mol. The number of carboxylic acids is 1. The highest BCUT2D eigenvalue weighted by Gasteiger charge is 2.28. The summed E-state index contributed by atoms with van der Waals surface area (Å²) in [4.78, 5) is 24.2. The number of aliphatic carboxylic acids is 1. The molecule has 0 unspecified atom stereocenters. The fourth-order valence-corrected chi connectivity index (χ4v) is 2.14. The lowest BCUT2D eigenvalue weighted by molar-refractivity contribution is -0.137. The molecular formula is C13H14Cl2N2O3. The summed E-state index contributed by atoms with van der Waals surface area (Å²) in [5, 5.41) is 12.0. The molecule has 0 saturated heterocycles. The van der Waals surface area contributed by atoms with Crippen LogP contribution in [0, 0.1) is 5.92 Å². The number of anilines is 1. The van der Waals surface area contributed by atoms with Gasteiger partial charge >= 0.3 is 12.0 Å². The Morgan fingerprint density at radius 3 is 2.65 bits per heavy atom. The Morgan fingerprint density at radius 1 is 1.35 bits per heavy atom. The molecule has 2 rings (SSSR count). The van der Waals surface area contributed by atoms with Crippen molar-refractivity contribution in [3.05, 3.63) is 28.2 Å². The van der Waals surface area contributed by atoms with E-state index in [0.29, 0.717) is 23.2 Å². The average Bonchev–Trinajstić information content (AvgIpc) is 3.17. The van der Waals surface area contributed by atoms with Crippen LogP contribution in [-0.4, -0.2) is 35.1 Å². The number of urea groups is 1. The van der Waals surface area contributed by atoms with Crippen molar-refractivity contribution < 1.29 is 14.7 Å². The van der Waals surface area contributed by atoms with Crippen LogP contribution in [0.15, 0.2) is 18.2 Å². The van der Waals surface area contributed by atoms with Gasteiger partial charge in [-0.25, -0.2) is 4.79 Å². The summed E-state index contributed by atoms with van der Waals surface area (Å²) in [7, 11) is 0. The Labute approximate surface area is 126 Å². The first-order chi connectivity index (χ1) is 9.47. The minimum atomic E-state index is -1.04. The van der Waals surface area contributed by atoms with E-state index < -0.39 is 12.0 Å². The fourth-order valence-electron chi connectivity index (χ4n) is 1.79. The van der Waals surface area contributed by atoms with Crippen molar-refractivity contribution in [1.29, 1.82) is 0 Å². The lowest BCUT2D eigenvalue weighted by Crippen LogP contribution is -2.40. The third-order valence-corrected chi connectivity index (χ3v) is 3.80. The number of nitrogens with one attached hydrogen (secondary N) is 1. The SMILES string of the molecule is O=C(O)CN(CC1CC1)C(=O)Nc1cccc(Cl)c1Cl. The first-order valence-electron chi connectivity index (χ1n) is 6.19. The lowest BCUT2D eigenvalue weighted by Gasteiger charge is -2.21. The van der Waals surface area contributed by atoms with Gasteiger partial charge in [0.15, 0.2) is 0 Å². The molecule has 7 heteroatoms. The van der Waals surface area contributed by atoms with Gasteiger partial charge in [-0.15, -0.1) is 0 Å². The van der Waals surface area contributed by atoms with Crippen LogP contribution in [0.1, 0.15) is 12.8 Å². The average molecular weight is 317 g/mol. The Hall–Kier alpha value is -1.46. The minimum Gasteiger partial charge on any atom is -0.480 e. The predicted octanol–water partition coefficient (Wildman–Crippen LogP) is 3.32. The van der Waals surface area contributed by atoms with E-state index in [9.17, 15) is 9.59 Å². The van der Waals surface area contributed by atoms with Crippen molar-refractivity contribution in [3.8, 4) is 0 Å². The molecule has 5 nitrogen and oxygen atoms in total. The largest absolute Gasteiger partial charge is 0.480 e. The highest BCUT2D eigenvalue weighted by Crippen LogP contribution is 2.31. The summed E-state index contributed by atoms with van der Waals surface area (Å²) in [6.45, 7) is 0.108. The van der Waals surface area contributed by atoms with Crippen molar-refractivity contribution in [2.45, 2.75) is 12.8 Å². The van der Waals surface area contributed by atoms with Gasteiger partial charge in [0.05, 0.1) is 15.7 Å². The number of carbonyl (C=O) groups excluding carboxylic acids is 1. The normalized spacial score (nSPS) is 13.9. The molecule has 1 saturated carbocycles. The van der Waals surface area contributed by atoms with Gasteiger partial charge in [0.25, 0.3) is 0 Å². The summed E-state index contributed by atoms with van der Waals surface area (Å²) in [5.41, 5.74) is 0.371. The third kappa shape index (κ3) is 4.02. The standard InChI is InChI=1S/C13H14Cl2N2O3/c14-9-2-1-3-10(12(9)15)16-13(20)17(7-11(18)19)6-8-4-5-8/h1-3,8H,4-7H2,(H,16,20)(H,18,19). The summed E-state index contributed by atoms with van der Waals surface area (Å²) < 4.78 is 0. The summed E-state index contributed by atoms with van der Waals surface area (Å²) >= 11 is 11.8. The number of carbonyl (C=O) groups is 2. The molecule has 0 aliphatic heterocycles. The zero-order valence-corrected chi connectivity index (χ0v) is 12.1. The lowest BCUT2D eigenvalue weighted by atomic mass is 10.3. The van der Waals surface area contributed by atoms with Crippen molar-refractivity contribution in [2.75, 3.05) is 18.4 Å². The fraction of sp³-hybridized carbons (Fsp3) is 0.385. The molecule has 2 amide bonds. The van der Waals surface area contributed by atoms with E-state index in [-0.39, 0.29) is 11.6 Å². The quantitative estimate of drug-likeness (QED) is 0.875. The second-order valence-electron chi connectivity index (χ2n) is 4.75. The van der Waals surface area contributed by atoms with Crippen molar-refractivity contribution in [2.24, 2.45) is 5.92 Å². The summed E-state index contributed by atoms with van der Waals surface area (Å²) in [5.74, 6) is -0.645. The van der Waals surface area contributed by atoms with E-state index in [0.717, 1.165) is 12.8 Å². The van der Waals surface area contributed by atoms with Gasteiger partial charge in [0.2, 0.25) is 0 Å². The van der Waals surface area contributed by atoms with Crippen LogP contribution in [0.5, 0.6) is 0 Å². The molecule has 1 aromatic carbocycles. The summed E-state index contributed by atoms with van der Waals surface area (Å²) in [6.07, 6.45) is 2.06.